The number of fused-ring (bicyclic) bond motifs is 3. The Morgan fingerprint density at radius 2 is 1.79 bits per heavy atom. The molecule has 24 heavy (non-hydrogen) atoms. The van der Waals surface area contributed by atoms with Gasteiger partial charge in [0.25, 0.3) is 5.56 Å². The summed E-state index contributed by atoms with van der Waals surface area (Å²) in [5, 5.41) is 8.56. The first-order valence-electron chi connectivity index (χ1n) is 7.64. The molecule has 0 saturated carbocycles. The highest BCUT2D eigenvalue weighted by Crippen LogP contribution is 2.26. The van der Waals surface area contributed by atoms with Gasteiger partial charge in [-0.2, -0.15) is 0 Å². The van der Waals surface area contributed by atoms with Crippen LogP contribution in [-0.4, -0.2) is 28.7 Å². The van der Waals surface area contributed by atoms with Crippen LogP contribution in [0.4, 0.5) is 0 Å². The minimum atomic E-state index is -0.469. The molecule has 0 amide bonds. The summed E-state index contributed by atoms with van der Waals surface area (Å²) in [6.07, 6.45) is 0. The van der Waals surface area contributed by atoms with Crippen molar-refractivity contribution in [2.45, 2.75) is 19.9 Å². The second-order valence-corrected chi connectivity index (χ2v) is 5.98. The molecule has 0 aliphatic carbocycles. The van der Waals surface area contributed by atoms with Crippen LogP contribution in [0.3, 0.4) is 0 Å². The van der Waals surface area contributed by atoms with Gasteiger partial charge >= 0.3 is 5.69 Å². The van der Waals surface area contributed by atoms with Gasteiger partial charge in [-0.05, 0) is 13.8 Å². The van der Waals surface area contributed by atoms with Crippen LogP contribution in [0.2, 0.25) is 0 Å². The maximum Gasteiger partial charge on any atom is 0.329 e. The molecule has 0 aliphatic heterocycles. The van der Waals surface area contributed by atoms with E-state index in [1.165, 1.54) is 4.57 Å². The number of aromatic amines is 1. The van der Waals surface area contributed by atoms with Crippen molar-refractivity contribution in [2.75, 3.05) is 0 Å². The molecule has 0 atom stereocenters. The molecule has 3 aromatic heterocycles. The number of nitrogens with one attached hydrogen (secondary N) is 1. The van der Waals surface area contributed by atoms with Gasteiger partial charge in [-0.15, -0.1) is 10.2 Å². The summed E-state index contributed by atoms with van der Waals surface area (Å²) in [5.41, 5.74) is 0.861. The van der Waals surface area contributed by atoms with Crippen LogP contribution in [0.25, 0.3) is 28.3 Å². The van der Waals surface area contributed by atoms with Crippen molar-refractivity contribution in [3.05, 3.63) is 51.2 Å². The van der Waals surface area contributed by atoms with E-state index in [1.54, 1.807) is 16.0 Å². The average molecular weight is 324 g/mol. The lowest BCUT2D eigenvalue weighted by molar-refractivity contribution is 0.628. The van der Waals surface area contributed by atoms with E-state index in [9.17, 15) is 9.59 Å². The number of rotatable bonds is 2. The number of aryl methyl sites for hydroxylation is 1. The molecule has 1 N–H and O–H groups in total. The maximum atomic E-state index is 12.4. The monoisotopic (exact) mass is 324 g/mol. The predicted octanol–water partition coefficient (Wildman–Crippen LogP) is 1.32. The smallest absolute Gasteiger partial charge is 0.300 e. The molecule has 8 nitrogen and oxygen atoms in total. The van der Waals surface area contributed by atoms with E-state index in [2.05, 4.69) is 15.2 Å². The van der Waals surface area contributed by atoms with Crippen LogP contribution in [0.5, 0.6) is 0 Å². The van der Waals surface area contributed by atoms with E-state index in [-0.39, 0.29) is 6.04 Å². The summed E-state index contributed by atoms with van der Waals surface area (Å²) in [4.78, 5) is 26.9. The van der Waals surface area contributed by atoms with Gasteiger partial charge in [0, 0.05) is 18.7 Å². The number of nitrogens with zero attached hydrogens (tertiary/aromatic N) is 5. The summed E-state index contributed by atoms with van der Waals surface area (Å²) in [7, 11) is 1.62. The zero-order valence-corrected chi connectivity index (χ0v) is 13.5. The van der Waals surface area contributed by atoms with Crippen molar-refractivity contribution in [1.82, 2.24) is 28.7 Å². The first-order valence-corrected chi connectivity index (χ1v) is 7.64. The molecule has 0 unspecified atom stereocenters. The standard InChI is InChI=1S/C16H16N6O2/c1-9(2)21-11-13(23)17-16(24)20(3)14(11)22-12(18-19-15(21)22)10-7-5-4-6-8-10/h4-9H,1-3H3,(H,17,23,24). The zero-order valence-electron chi connectivity index (χ0n) is 13.5. The first-order chi connectivity index (χ1) is 11.5. The zero-order chi connectivity index (χ0) is 17.0. The fourth-order valence-electron chi connectivity index (χ4n) is 3.06. The molecular formula is C16H16N6O2. The van der Waals surface area contributed by atoms with E-state index in [4.69, 9.17) is 0 Å². The Labute approximate surface area is 136 Å². The van der Waals surface area contributed by atoms with Gasteiger partial charge in [0.05, 0.1) is 0 Å². The molecule has 0 radical (unpaired) electrons. The number of hydrogen-bond acceptors (Lipinski definition) is 4. The highest BCUT2D eigenvalue weighted by molar-refractivity contribution is 5.79. The highest BCUT2D eigenvalue weighted by Gasteiger charge is 2.23. The third-order valence-corrected chi connectivity index (χ3v) is 4.13. The van der Waals surface area contributed by atoms with E-state index >= 15 is 0 Å². The summed E-state index contributed by atoms with van der Waals surface area (Å²) >= 11 is 0. The summed E-state index contributed by atoms with van der Waals surface area (Å²) in [6.45, 7) is 3.92. The highest BCUT2D eigenvalue weighted by atomic mass is 16.2. The Hall–Kier alpha value is -3.16. The van der Waals surface area contributed by atoms with E-state index in [0.29, 0.717) is 22.8 Å². The average Bonchev–Trinajstić information content (AvgIpc) is 3.11. The SMILES string of the molecule is CC(C)n1c2c(=O)[nH]c(=O)n(C)c2n2c(-c3ccccc3)nnc12. The number of benzene rings is 1. The second kappa shape index (κ2) is 4.92. The molecule has 0 aliphatic rings. The minimum absolute atomic E-state index is 0.0172. The van der Waals surface area contributed by atoms with Crippen LogP contribution in [0, 0.1) is 0 Å². The molecule has 3 heterocycles. The number of aromatic nitrogens is 6. The molecular weight excluding hydrogens is 308 g/mol. The van der Waals surface area contributed by atoms with Gasteiger partial charge in [-0.1, -0.05) is 30.3 Å². The summed E-state index contributed by atoms with van der Waals surface area (Å²) in [5.74, 6) is 1.13. The minimum Gasteiger partial charge on any atom is -0.300 e. The molecule has 0 spiro atoms. The molecule has 0 bridgehead atoms. The lowest BCUT2D eigenvalue weighted by atomic mass is 10.2. The number of hydrogen-bond donors (Lipinski definition) is 1. The Morgan fingerprint density at radius 1 is 1.08 bits per heavy atom. The van der Waals surface area contributed by atoms with Gasteiger partial charge in [0.15, 0.2) is 17.0 Å². The number of H-pyrrole nitrogens is 1. The van der Waals surface area contributed by atoms with Crippen LogP contribution >= 0.6 is 0 Å². The Bertz CT molecular complexity index is 1180. The Kier molecular flexibility index (Phi) is 2.96. The molecule has 122 valence electrons. The van der Waals surface area contributed by atoms with Gasteiger partial charge in [0.1, 0.15) is 0 Å². The molecule has 0 saturated heterocycles. The number of imidazole rings is 1. The van der Waals surface area contributed by atoms with Crippen LogP contribution < -0.4 is 11.2 Å². The van der Waals surface area contributed by atoms with Crippen LogP contribution in [0.15, 0.2) is 39.9 Å². The predicted molar refractivity (Wildman–Crippen MR) is 90.2 cm³/mol. The lowest BCUT2D eigenvalue weighted by Gasteiger charge is -2.07. The van der Waals surface area contributed by atoms with Gasteiger partial charge in [-0.25, -0.2) is 9.20 Å². The van der Waals surface area contributed by atoms with Crippen molar-refractivity contribution in [3.63, 3.8) is 0 Å². The van der Waals surface area contributed by atoms with E-state index in [0.717, 1.165) is 5.56 Å². The van der Waals surface area contributed by atoms with Crippen molar-refractivity contribution >= 4 is 16.9 Å². The lowest BCUT2D eigenvalue weighted by Crippen LogP contribution is -2.29. The molecule has 1 aromatic carbocycles. The van der Waals surface area contributed by atoms with Gasteiger partial charge < -0.3 is 0 Å². The quantitative estimate of drug-likeness (QED) is 0.602. The van der Waals surface area contributed by atoms with Crippen molar-refractivity contribution in [3.8, 4) is 11.4 Å². The third-order valence-electron chi connectivity index (χ3n) is 4.13. The van der Waals surface area contributed by atoms with Crippen LogP contribution in [0.1, 0.15) is 19.9 Å². The Morgan fingerprint density at radius 3 is 2.46 bits per heavy atom. The van der Waals surface area contributed by atoms with Crippen LogP contribution in [-0.2, 0) is 7.05 Å². The second-order valence-electron chi connectivity index (χ2n) is 5.98. The van der Waals surface area contributed by atoms with Crippen molar-refractivity contribution in [1.29, 1.82) is 0 Å². The fourth-order valence-corrected chi connectivity index (χ4v) is 3.06. The van der Waals surface area contributed by atoms with E-state index < -0.39 is 11.2 Å². The first kappa shape index (κ1) is 14.4. The fraction of sp³-hybridized carbons (Fsp3) is 0.250. The molecule has 8 heteroatoms. The van der Waals surface area contributed by atoms with Gasteiger partial charge in [0.2, 0.25) is 5.78 Å². The third kappa shape index (κ3) is 1.79. The van der Waals surface area contributed by atoms with Gasteiger partial charge in [-0.3, -0.25) is 18.9 Å². The molecule has 0 fully saturated rings. The topological polar surface area (TPSA) is 90.0 Å². The largest absolute Gasteiger partial charge is 0.329 e. The molecule has 4 rings (SSSR count). The van der Waals surface area contributed by atoms with Crippen molar-refractivity contribution < 1.29 is 0 Å². The summed E-state index contributed by atoms with van der Waals surface area (Å²) < 4.78 is 4.98. The van der Waals surface area contributed by atoms with E-state index in [1.807, 2.05) is 44.2 Å². The summed E-state index contributed by atoms with van der Waals surface area (Å²) in [6, 6.07) is 9.55. The molecule has 4 aromatic rings. The van der Waals surface area contributed by atoms with Crippen molar-refractivity contribution in [2.24, 2.45) is 7.05 Å². The maximum absolute atomic E-state index is 12.4. The normalized spacial score (nSPS) is 11.8. The Balaban J connectivity index is 2.30.